The summed E-state index contributed by atoms with van der Waals surface area (Å²) in [4.78, 5) is 30.6. The lowest BCUT2D eigenvalue weighted by molar-refractivity contribution is -0.117. The number of rotatable bonds is 4. The van der Waals surface area contributed by atoms with E-state index in [1.807, 2.05) is 35.6 Å². The molecule has 0 radical (unpaired) electrons. The molecule has 1 aromatic carbocycles. The number of carbonyl (C=O) groups is 2. The van der Waals surface area contributed by atoms with Crippen molar-refractivity contribution < 1.29 is 9.59 Å². The fraction of sp³-hybridized carbons (Fsp3) is 0.0714. The van der Waals surface area contributed by atoms with Crippen LogP contribution in [0.15, 0.2) is 47.9 Å². The van der Waals surface area contributed by atoms with Crippen LogP contribution in [0.5, 0.6) is 0 Å². The van der Waals surface area contributed by atoms with E-state index in [-0.39, 0.29) is 5.75 Å². The van der Waals surface area contributed by atoms with Crippen molar-refractivity contribution in [2.75, 3.05) is 5.75 Å². The zero-order valence-electron chi connectivity index (χ0n) is 11.8. The van der Waals surface area contributed by atoms with Crippen LogP contribution in [-0.2, 0) is 4.79 Å². The molecule has 0 spiro atoms. The summed E-state index contributed by atoms with van der Waals surface area (Å²) in [5.74, 6) is -0.462. The molecule has 9 heteroatoms. The lowest BCUT2D eigenvalue weighted by atomic mass is 10.3. The number of hydrogen-bond donors (Lipinski definition) is 2. The van der Waals surface area contributed by atoms with Crippen molar-refractivity contribution in [1.82, 2.24) is 25.1 Å². The molecule has 3 aromatic rings. The molecule has 0 aliphatic rings. The molecule has 3 amide bonds. The maximum absolute atomic E-state index is 11.5. The fourth-order valence-corrected chi connectivity index (χ4v) is 2.76. The molecule has 0 aliphatic carbocycles. The Hall–Kier alpha value is -2.94. The van der Waals surface area contributed by atoms with E-state index in [2.05, 4.69) is 15.1 Å². The van der Waals surface area contributed by atoms with Gasteiger partial charge in [-0.1, -0.05) is 30.0 Å². The zero-order chi connectivity index (χ0) is 16.2. The molecular weight excluding hydrogens is 316 g/mol. The highest BCUT2D eigenvalue weighted by Crippen LogP contribution is 2.25. The van der Waals surface area contributed by atoms with Crippen molar-refractivity contribution in [2.45, 2.75) is 5.03 Å². The summed E-state index contributed by atoms with van der Waals surface area (Å²) < 4.78 is 1.70. The Kier molecular flexibility index (Phi) is 4.20. The number of primary amides is 1. The topological polar surface area (TPSA) is 116 Å². The van der Waals surface area contributed by atoms with Gasteiger partial charge in [-0.2, -0.15) is 5.10 Å². The van der Waals surface area contributed by atoms with E-state index in [0.29, 0.717) is 10.7 Å². The molecule has 0 saturated carbocycles. The Morgan fingerprint density at radius 1 is 1.22 bits per heavy atom. The standard InChI is InChI=1S/C14H12N6O2S/c15-14(22)19-11(21)7-23-13-10-6-18-20(12(10)16-8-17-13)9-4-2-1-3-5-9/h1-6,8H,7H2,(H3,15,19,21,22). The quantitative estimate of drug-likeness (QED) is 0.547. The molecule has 8 nitrogen and oxygen atoms in total. The first-order chi connectivity index (χ1) is 11.1. The molecule has 3 rings (SSSR count). The maximum Gasteiger partial charge on any atom is 0.318 e. The van der Waals surface area contributed by atoms with Gasteiger partial charge in [-0.05, 0) is 12.1 Å². The third-order valence-electron chi connectivity index (χ3n) is 2.93. The summed E-state index contributed by atoms with van der Waals surface area (Å²) in [5, 5.41) is 7.67. The second-order valence-electron chi connectivity index (χ2n) is 4.51. The number of nitrogens with one attached hydrogen (secondary N) is 1. The Morgan fingerprint density at radius 2 is 2.00 bits per heavy atom. The predicted octanol–water partition coefficient (Wildman–Crippen LogP) is 1.10. The molecule has 0 saturated heterocycles. The van der Waals surface area contributed by atoms with Crippen LogP contribution in [-0.4, -0.2) is 37.4 Å². The van der Waals surface area contributed by atoms with Crippen LogP contribution in [0, 0.1) is 0 Å². The minimum absolute atomic E-state index is 0.0194. The van der Waals surface area contributed by atoms with Crippen LogP contribution < -0.4 is 11.1 Å². The van der Waals surface area contributed by atoms with Crippen molar-refractivity contribution in [3.63, 3.8) is 0 Å². The Bertz CT molecular complexity index is 864. The molecule has 0 aliphatic heterocycles. The highest BCUT2D eigenvalue weighted by molar-refractivity contribution is 8.00. The summed E-state index contributed by atoms with van der Waals surface area (Å²) >= 11 is 1.18. The number of imide groups is 1. The minimum Gasteiger partial charge on any atom is -0.351 e. The van der Waals surface area contributed by atoms with E-state index in [9.17, 15) is 9.59 Å². The first-order valence-corrected chi connectivity index (χ1v) is 7.60. The molecule has 23 heavy (non-hydrogen) atoms. The summed E-state index contributed by atoms with van der Waals surface area (Å²) in [7, 11) is 0. The highest BCUT2D eigenvalue weighted by Gasteiger charge is 2.13. The zero-order valence-corrected chi connectivity index (χ0v) is 12.7. The Balaban J connectivity index is 1.87. The number of nitrogens with two attached hydrogens (primary N) is 1. The average Bonchev–Trinajstić information content (AvgIpc) is 2.97. The van der Waals surface area contributed by atoms with Crippen molar-refractivity contribution in [3.05, 3.63) is 42.9 Å². The largest absolute Gasteiger partial charge is 0.351 e. The smallest absolute Gasteiger partial charge is 0.318 e. The van der Waals surface area contributed by atoms with Gasteiger partial charge in [-0.25, -0.2) is 19.4 Å². The summed E-state index contributed by atoms with van der Waals surface area (Å²) in [6.45, 7) is 0. The number of benzene rings is 1. The molecule has 2 aromatic heterocycles. The average molecular weight is 328 g/mol. The van der Waals surface area contributed by atoms with Crippen molar-refractivity contribution in [1.29, 1.82) is 0 Å². The van der Waals surface area contributed by atoms with Gasteiger partial charge >= 0.3 is 6.03 Å². The maximum atomic E-state index is 11.5. The van der Waals surface area contributed by atoms with Crippen LogP contribution in [0.2, 0.25) is 0 Å². The molecule has 116 valence electrons. The van der Waals surface area contributed by atoms with Gasteiger partial charge in [0.15, 0.2) is 5.65 Å². The van der Waals surface area contributed by atoms with Crippen molar-refractivity contribution in [2.24, 2.45) is 5.73 Å². The van der Waals surface area contributed by atoms with Crippen LogP contribution in [0.3, 0.4) is 0 Å². The number of hydrogen-bond acceptors (Lipinski definition) is 6. The van der Waals surface area contributed by atoms with Gasteiger partial charge < -0.3 is 5.73 Å². The second-order valence-corrected chi connectivity index (χ2v) is 5.47. The van der Waals surface area contributed by atoms with Gasteiger partial charge in [0, 0.05) is 0 Å². The third kappa shape index (κ3) is 3.29. The number of fused-ring (bicyclic) bond motifs is 1. The van der Waals surface area contributed by atoms with Gasteiger partial charge in [0.05, 0.1) is 23.0 Å². The lowest BCUT2D eigenvalue weighted by Gasteiger charge is -2.04. The van der Waals surface area contributed by atoms with Gasteiger partial charge in [-0.15, -0.1) is 0 Å². The summed E-state index contributed by atoms with van der Waals surface area (Å²) in [6, 6.07) is 8.70. The number of thioether (sulfide) groups is 1. The van der Waals surface area contributed by atoms with E-state index < -0.39 is 11.9 Å². The van der Waals surface area contributed by atoms with Crippen LogP contribution in [0.1, 0.15) is 0 Å². The van der Waals surface area contributed by atoms with Crippen LogP contribution >= 0.6 is 11.8 Å². The van der Waals surface area contributed by atoms with E-state index in [1.54, 1.807) is 10.9 Å². The predicted molar refractivity (Wildman–Crippen MR) is 85.1 cm³/mol. The number of aromatic nitrogens is 4. The van der Waals surface area contributed by atoms with Gasteiger partial charge in [-0.3, -0.25) is 10.1 Å². The van der Waals surface area contributed by atoms with E-state index >= 15 is 0 Å². The second kappa shape index (κ2) is 6.44. The van der Waals surface area contributed by atoms with Gasteiger partial charge in [0.1, 0.15) is 11.4 Å². The van der Waals surface area contributed by atoms with Crippen molar-refractivity contribution in [3.8, 4) is 5.69 Å². The lowest BCUT2D eigenvalue weighted by Crippen LogP contribution is -2.36. The third-order valence-corrected chi connectivity index (χ3v) is 3.94. The van der Waals surface area contributed by atoms with Crippen LogP contribution in [0.25, 0.3) is 16.7 Å². The fourth-order valence-electron chi connectivity index (χ4n) is 2.00. The van der Waals surface area contributed by atoms with Crippen molar-refractivity contribution >= 4 is 34.7 Å². The van der Waals surface area contributed by atoms with E-state index in [1.165, 1.54) is 18.1 Å². The highest BCUT2D eigenvalue weighted by atomic mass is 32.2. The Morgan fingerprint density at radius 3 is 2.74 bits per heavy atom. The molecule has 0 unspecified atom stereocenters. The first-order valence-electron chi connectivity index (χ1n) is 6.61. The summed E-state index contributed by atoms with van der Waals surface area (Å²) in [5.41, 5.74) is 6.42. The van der Waals surface area contributed by atoms with E-state index in [0.717, 1.165) is 11.1 Å². The Labute approximate surface area is 135 Å². The number of para-hydroxylation sites is 1. The number of carbonyl (C=O) groups excluding carboxylic acids is 2. The molecule has 0 atom stereocenters. The van der Waals surface area contributed by atoms with Gasteiger partial charge in [0.25, 0.3) is 0 Å². The molecule has 0 bridgehead atoms. The number of nitrogens with zero attached hydrogens (tertiary/aromatic N) is 4. The molecule has 0 fully saturated rings. The van der Waals surface area contributed by atoms with Crippen LogP contribution in [0.4, 0.5) is 4.79 Å². The SMILES string of the molecule is NC(=O)NC(=O)CSc1ncnc2c1cnn2-c1ccccc1. The summed E-state index contributed by atoms with van der Waals surface area (Å²) in [6.07, 6.45) is 3.06. The van der Waals surface area contributed by atoms with E-state index in [4.69, 9.17) is 5.73 Å². The normalized spacial score (nSPS) is 10.6. The number of urea groups is 1. The molecule has 2 heterocycles. The molecular formula is C14H12N6O2S. The minimum atomic E-state index is -0.875. The first kappa shape index (κ1) is 15.0. The van der Waals surface area contributed by atoms with Gasteiger partial charge in [0.2, 0.25) is 5.91 Å². The molecule has 3 N–H and O–H groups in total. The number of amides is 3. The monoisotopic (exact) mass is 328 g/mol.